The van der Waals surface area contributed by atoms with E-state index in [1.165, 1.54) is 6.20 Å². The molecule has 3 aliphatic rings. The van der Waals surface area contributed by atoms with Crippen LogP contribution in [0.2, 0.25) is 0 Å². The predicted molar refractivity (Wildman–Crippen MR) is 103 cm³/mol. The molecule has 0 aromatic carbocycles. The first-order valence-electron chi connectivity index (χ1n) is 10.4. The molecule has 1 aromatic heterocycles. The summed E-state index contributed by atoms with van der Waals surface area (Å²) in [5.74, 6) is 0.361. The van der Waals surface area contributed by atoms with Crippen molar-refractivity contribution >= 4 is 11.8 Å². The van der Waals surface area contributed by atoms with Crippen molar-refractivity contribution in [3.05, 3.63) is 24.3 Å². The maximum Gasteiger partial charge on any atom is 0.274 e. The predicted octanol–water partition coefficient (Wildman–Crippen LogP) is 0.652. The number of ether oxygens (including phenoxy) is 1. The van der Waals surface area contributed by atoms with Crippen LogP contribution in [-0.2, 0) is 9.53 Å². The van der Waals surface area contributed by atoms with Gasteiger partial charge in [0.1, 0.15) is 5.69 Å². The van der Waals surface area contributed by atoms with Crippen LogP contribution in [-0.4, -0.2) is 95.0 Å². The normalized spacial score (nSPS) is 24.9. The van der Waals surface area contributed by atoms with E-state index in [1.807, 2.05) is 9.80 Å². The highest BCUT2D eigenvalue weighted by Gasteiger charge is 2.34. The molecule has 3 aliphatic heterocycles. The second kappa shape index (κ2) is 8.96. The first kappa shape index (κ1) is 19.3. The second-order valence-corrected chi connectivity index (χ2v) is 7.89. The van der Waals surface area contributed by atoms with Gasteiger partial charge in [0, 0.05) is 51.2 Å². The quantitative estimate of drug-likeness (QED) is 0.758. The fourth-order valence-corrected chi connectivity index (χ4v) is 4.59. The second-order valence-electron chi connectivity index (χ2n) is 7.89. The Balaban J connectivity index is 1.29. The Labute approximate surface area is 165 Å². The number of carbonyl (C=O) groups excluding carboxylic acids is 2. The average Bonchev–Trinajstić information content (AvgIpc) is 2.79. The van der Waals surface area contributed by atoms with Gasteiger partial charge in [-0.05, 0) is 32.2 Å². The molecule has 0 aliphatic carbocycles. The van der Waals surface area contributed by atoms with Gasteiger partial charge in [-0.2, -0.15) is 0 Å². The lowest BCUT2D eigenvalue weighted by Gasteiger charge is -2.43. The molecule has 8 nitrogen and oxygen atoms in total. The SMILES string of the molecule is O=C(c1cnccn1)N1CCC(N2CCC[C@H](C(=O)N3CCOCC3)C2)CC1. The van der Waals surface area contributed by atoms with E-state index in [0.29, 0.717) is 30.9 Å². The van der Waals surface area contributed by atoms with Crippen molar-refractivity contribution in [1.29, 1.82) is 0 Å². The lowest BCUT2D eigenvalue weighted by atomic mass is 9.92. The topological polar surface area (TPSA) is 78.9 Å². The molecule has 3 fully saturated rings. The first-order chi connectivity index (χ1) is 13.7. The standard InChI is InChI=1S/C20H29N5O3/c26-19(24-10-12-28-13-11-24)16-2-1-7-25(15-16)17-3-8-23(9-4-17)20(27)18-14-21-5-6-22-18/h5-6,14,16-17H,1-4,7-13,15H2/t16-/m0/s1. The molecule has 2 amide bonds. The van der Waals surface area contributed by atoms with Gasteiger partial charge in [0.15, 0.2) is 0 Å². The van der Waals surface area contributed by atoms with Gasteiger partial charge in [0.25, 0.3) is 5.91 Å². The van der Waals surface area contributed by atoms with Crippen molar-refractivity contribution in [1.82, 2.24) is 24.7 Å². The lowest BCUT2D eigenvalue weighted by molar-refractivity contribution is -0.141. The summed E-state index contributed by atoms with van der Waals surface area (Å²) in [6.45, 7) is 6.11. The highest BCUT2D eigenvalue weighted by atomic mass is 16.5. The van der Waals surface area contributed by atoms with Crippen molar-refractivity contribution in [3.63, 3.8) is 0 Å². The molecule has 0 radical (unpaired) electrons. The van der Waals surface area contributed by atoms with Crippen molar-refractivity contribution < 1.29 is 14.3 Å². The Bertz CT molecular complexity index is 672. The maximum absolute atomic E-state index is 12.9. The molecular formula is C20H29N5O3. The van der Waals surface area contributed by atoms with Gasteiger partial charge < -0.3 is 14.5 Å². The number of morpholine rings is 1. The molecule has 1 aromatic rings. The fraction of sp³-hybridized carbons (Fsp3) is 0.700. The van der Waals surface area contributed by atoms with Crippen LogP contribution in [0, 0.1) is 5.92 Å². The third-order valence-electron chi connectivity index (χ3n) is 6.18. The van der Waals surface area contributed by atoms with Gasteiger partial charge in [0.05, 0.1) is 25.3 Å². The van der Waals surface area contributed by atoms with Gasteiger partial charge >= 0.3 is 0 Å². The monoisotopic (exact) mass is 387 g/mol. The van der Waals surface area contributed by atoms with Crippen LogP contribution in [0.4, 0.5) is 0 Å². The van der Waals surface area contributed by atoms with Crippen LogP contribution in [0.25, 0.3) is 0 Å². The van der Waals surface area contributed by atoms with Crippen LogP contribution in [0.5, 0.6) is 0 Å². The third kappa shape index (κ3) is 4.33. The molecule has 28 heavy (non-hydrogen) atoms. The van der Waals surface area contributed by atoms with E-state index in [-0.39, 0.29) is 11.8 Å². The van der Waals surface area contributed by atoms with Gasteiger partial charge in [-0.15, -0.1) is 0 Å². The molecule has 0 spiro atoms. The molecule has 8 heteroatoms. The Kier molecular flexibility index (Phi) is 6.17. The summed E-state index contributed by atoms with van der Waals surface area (Å²) in [6.07, 6.45) is 8.61. The molecule has 3 saturated heterocycles. The number of nitrogens with zero attached hydrogens (tertiary/aromatic N) is 5. The smallest absolute Gasteiger partial charge is 0.274 e. The van der Waals surface area contributed by atoms with E-state index < -0.39 is 0 Å². The van der Waals surface area contributed by atoms with Gasteiger partial charge in [-0.3, -0.25) is 19.5 Å². The summed E-state index contributed by atoms with van der Waals surface area (Å²) in [4.78, 5) is 39.8. The number of hydrogen-bond acceptors (Lipinski definition) is 6. The molecule has 152 valence electrons. The number of hydrogen-bond donors (Lipinski definition) is 0. The maximum atomic E-state index is 12.9. The summed E-state index contributed by atoms with van der Waals surface area (Å²) >= 11 is 0. The first-order valence-corrected chi connectivity index (χ1v) is 10.4. The van der Waals surface area contributed by atoms with Crippen molar-refractivity contribution in [2.45, 2.75) is 31.7 Å². The fourth-order valence-electron chi connectivity index (χ4n) is 4.59. The van der Waals surface area contributed by atoms with Crippen LogP contribution >= 0.6 is 0 Å². The summed E-state index contributed by atoms with van der Waals surface area (Å²) in [6, 6.07) is 0.450. The van der Waals surface area contributed by atoms with Crippen LogP contribution in [0.3, 0.4) is 0 Å². The minimum Gasteiger partial charge on any atom is -0.378 e. The Morgan fingerprint density at radius 1 is 0.964 bits per heavy atom. The zero-order valence-corrected chi connectivity index (χ0v) is 16.3. The Hall–Kier alpha value is -2.06. The third-order valence-corrected chi connectivity index (χ3v) is 6.18. The van der Waals surface area contributed by atoms with Crippen molar-refractivity contribution in [2.24, 2.45) is 5.92 Å². The highest BCUT2D eigenvalue weighted by Crippen LogP contribution is 2.25. The molecule has 1 atom stereocenters. The average molecular weight is 387 g/mol. The zero-order chi connectivity index (χ0) is 19.3. The molecule has 4 heterocycles. The minimum absolute atomic E-state index is 0.0365. The number of carbonyl (C=O) groups is 2. The molecule has 0 N–H and O–H groups in total. The number of likely N-dealkylation sites (tertiary alicyclic amines) is 2. The summed E-state index contributed by atoms with van der Waals surface area (Å²) in [5.41, 5.74) is 0.412. The van der Waals surface area contributed by atoms with E-state index in [9.17, 15) is 9.59 Å². The highest BCUT2D eigenvalue weighted by molar-refractivity contribution is 5.92. The molecule has 0 saturated carbocycles. The van der Waals surface area contributed by atoms with E-state index in [4.69, 9.17) is 4.74 Å². The summed E-state index contributed by atoms with van der Waals surface area (Å²) < 4.78 is 5.37. The van der Waals surface area contributed by atoms with Gasteiger partial charge in [-0.25, -0.2) is 4.98 Å². The van der Waals surface area contributed by atoms with Crippen LogP contribution in [0.1, 0.15) is 36.2 Å². The van der Waals surface area contributed by atoms with Gasteiger partial charge in [0.2, 0.25) is 5.91 Å². The Morgan fingerprint density at radius 2 is 1.75 bits per heavy atom. The summed E-state index contributed by atoms with van der Waals surface area (Å²) in [7, 11) is 0. The lowest BCUT2D eigenvalue weighted by Crippen LogP contribution is -2.53. The van der Waals surface area contributed by atoms with E-state index in [1.54, 1.807) is 12.4 Å². The van der Waals surface area contributed by atoms with E-state index in [0.717, 1.165) is 65.0 Å². The summed E-state index contributed by atoms with van der Waals surface area (Å²) in [5, 5.41) is 0. The van der Waals surface area contributed by atoms with Gasteiger partial charge in [-0.1, -0.05) is 0 Å². The number of amides is 2. The van der Waals surface area contributed by atoms with E-state index >= 15 is 0 Å². The molecule has 4 rings (SSSR count). The zero-order valence-electron chi connectivity index (χ0n) is 16.3. The number of rotatable bonds is 3. The molecule has 0 bridgehead atoms. The largest absolute Gasteiger partial charge is 0.378 e. The van der Waals surface area contributed by atoms with Crippen LogP contribution in [0.15, 0.2) is 18.6 Å². The van der Waals surface area contributed by atoms with E-state index in [2.05, 4.69) is 14.9 Å². The minimum atomic E-state index is -0.0365. The Morgan fingerprint density at radius 3 is 2.46 bits per heavy atom. The number of piperidine rings is 2. The number of aromatic nitrogens is 2. The van der Waals surface area contributed by atoms with Crippen LogP contribution < -0.4 is 0 Å². The van der Waals surface area contributed by atoms with Crippen molar-refractivity contribution in [3.8, 4) is 0 Å². The molecular weight excluding hydrogens is 358 g/mol. The van der Waals surface area contributed by atoms with Crippen molar-refractivity contribution in [2.75, 3.05) is 52.5 Å². The molecule has 0 unspecified atom stereocenters.